The van der Waals surface area contributed by atoms with Crippen molar-refractivity contribution in [2.45, 2.75) is 31.8 Å². The van der Waals surface area contributed by atoms with Crippen molar-refractivity contribution >= 4 is 16.2 Å². The SMILES string of the molecule is CN(Cc1ccccc1)S(=O)(=O)N[C@H]1CC[C@@H](C(=O)O)C1. The lowest BCUT2D eigenvalue weighted by atomic mass is 10.1. The van der Waals surface area contributed by atoms with E-state index >= 15 is 0 Å². The molecular weight excluding hydrogens is 292 g/mol. The Bertz CT molecular complexity index is 588. The highest BCUT2D eigenvalue weighted by Crippen LogP contribution is 2.26. The molecule has 0 heterocycles. The number of nitrogens with zero attached hydrogens (tertiary/aromatic N) is 1. The second-order valence-electron chi connectivity index (χ2n) is 5.41. The van der Waals surface area contributed by atoms with Crippen LogP contribution in [0.15, 0.2) is 30.3 Å². The van der Waals surface area contributed by atoms with E-state index in [1.165, 1.54) is 11.4 Å². The van der Waals surface area contributed by atoms with E-state index in [1.54, 1.807) is 0 Å². The Labute approximate surface area is 125 Å². The van der Waals surface area contributed by atoms with E-state index in [9.17, 15) is 13.2 Å². The Morgan fingerprint density at radius 2 is 2.00 bits per heavy atom. The van der Waals surface area contributed by atoms with Crippen LogP contribution in [0.3, 0.4) is 0 Å². The molecule has 6 nitrogen and oxygen atoms in total. The molecule has 0 spiro atoms. The van der Waals surface area contributed by atoms with Gasteiger partial charge in [-0.15, -0.1) is 0 Å². The average molecular weight is 312 g/mol. The van der Waals surface area contributed by atoms with Gasteiger partial charge in [0.1, 0.15) is 0 Å². The van der Waals surface area contributed by atoms with E-state index < -0.39 is 22.1 Å². The Kier molecular flexibility index (Phi) is 4.97. The fourth-order valence-electron chi connectivity index (χ4n) is 2.54. The van der Waals surface area contributed by atoms with Crippen LogP contribution < -0.4 is 4.72 Å². The summed E-state index contributed by atoms with van der Waals surface area (Å²) in [5.74, 6) is -1.30. The molecule has 0 bridgehead atoms. The third-order valence-electron chi connectivity index (χ3n) is 3.76. The van der Waals surface area contributed by atoms with Gasteiger partial charge in [-0.05, 0) is 24.8 Å². The number of rotatable bonds is 6. The highest BCUT2D eigenvalue weighted by molar-refractivity contribution is 7.87. The standard InChI is InChI=1S/C14H20N2O4S/c1-16(10-11-5-3-2-4-6-11)21(19,20)15-13-8-7-12(9-13)14(17)18/h2-6,12-13,15H,7-10H2,1H3,(H,17,18)/t12-,13+/m1/s1. The molecule has 116 valence electrons. The van der Waals surface area contributed by atoms with Crippen LogP contribution in [-0.2, 0) is 21.5 Å². The second-order valence-corrected chi connectivity index (χ2v) is 7.22. The Morgan fingerprint density at radius 3 is 2.57 bits per heavy atom. The number of carbonyl (C=O) groups is 1. The molecule has 1 aromatic rings. The van der Waals surface area contributed by atoms with Crippen molar-refractivity contribution < 1.29 is 18.3 Å². The molecule has 0 aromatic heterocycles. The first-order valence-corrected chi connectivity index (χ1v) is 8.33. The zero-order valence-electron chi connectivity index (χ0n) is 11.9. The van der Waals surface area contributed by atoms with E-state index in [4.69, 9.17) is 5.11 Å². The summed E-state index contributed by atoms with van der Waals surface area (Å²) in [5.41, 5.74) is 0.903. The van der Waals surface area contributed by atoms with Crippen LogP contribution in [0.5, 0.6) is 0 Å². The molecule has 0 unspecified atom stereocenters. The molecule has 1 fully saturated rings. The van der Waals surface area contributed by atoms with Gasteiger partial charge in [-0.1, -0.05) is 30.3 Å². The minimum atomic E-state index is -3.60. The van der Waals surface area contributed by atoms with Crippen molar-refractivity contribution in [2.75, 3.05) is 7.05 Å². The maximum Gasteiger partial charge on any atom is 0.306 e. The van der Waals surface area contributed by atoms with Crippen LogP contribution in [0.1, 0.15) is 24.8 Å². The molecule has 21 heavy (non-hydrogen) atoms. The fraction of sp³-hybridized carbons (Fsp3) is 0.500. The number of hydrogen-bond donors (Lipinski definition) is 2. The van der Waals surface area contributed by atoms with E-state index in [2.05, 4.69) is 4.72 Å². The van der Waals surface area contributed by atoms with Gasteiger partial charge in [0, 0.05) is 19.6 Å². The van der Waals surface area contributed by atoms with Gasteiger partial charge in [0.25, 0.3) is 10.2 Å². The zero-order valence-corrected chi connectivity index (χ0v) is 12.7. The molecular formula is C14H20N2O4S. The Hall–Kier alpha value is -1.44. The smallest absolute Gasteiger partial charge is 0.306 e. The average Bonchev–Trinajstić information content (AvgIpc) is 2.88. The van der Waals surface area contributed by atoms with Gasteiger partial charge >= 0.3 is 5.97 Å². The summed E-state index contributed by atoms with van der Waals surface area (Å²) in [5, 5.41) is 8.95. The molecule has 0 aliphatic heterocycles. The van der Waals surface area contributed by atoms with Gasteiger partial charge < -0.3 is 5.11 Å². The normalized spacial score (nSPS) is 22.6. The highest BCUT2D eigenvalue weighted by Gasteiger charge is 2.33. The minimum absolute atomic E-state index is 0.283. The molecule has 0 radical (unpaired) electrons. The van der Waals surface area contributed by atoms with E-state index in [1.807, 2.05) is 30.3 Å². The fourth-order valence-corrected chi connectivity index (χ4v) is 3.67. The first-order valence-electron chi connectivity index (χ1n) is 6.89. The molecule has 1 aliphatic rings. The summed E-state index contributed by atoms with van der Waals surface area (Å²) >= 11 is 0. The van der Waals surface area contributed by atoms with Crippen LogP contribution in [0, 0.1) is 5.92 Å². The first kappa shape index (κ1) is 15.9. The molecule has 1 aromatic carbocycles. The maximum atomic E-state index is 12.2. The van der Waals surface area contributed by atoms with Crippen molar-refractivity contribution in [3.63, 3.8) is 0 Å². The lowest BCUT2D eigenvalue weighted by Crippen LogP contribution is -2.42. The molecule has 1 saturated carbocycles. The Balaban J connectivity index is 1.94. The van der Waals surface area contributed by atoms with Crippen molar-refractivity contribution in [1.29, 1.82) is 0 Å². The monoisotopic (exact) mass is 312 g/mol. The van der Waals surface area contributed by atoms with Crippen LogP contribution >= 0.6 is 0 Å². The number of aliphatic carboxylic acids is 1. The molecule has 1 aliphatic carbocycles. The van der Waals surface area contributed by atoms with Gasteiger partial charge in [0.15, 0.2) is 0 Å². The summed E-state index contributed by atoms with van der Waals surface area (Å²) in [4.78, 5) is 10.9. The number of benzene rings is 1. The summed E-state index contributed by atoms with van der Waals surface area (Å²) in [6.07, 6.45) is 1.44. The van der Waals surface area contributed by atoms with Gasteiger partial charge in [-0.3, -0.25) is 4.79 Å². The quantitative estimate of drug-likeness (QED) is 0.826. The van der Waals surface area contributed by atoms with E-state index in [-0.39, 0.29) is 12.6 Å². The van der Waals surface area contributed by atoms with Crippen molar-refractivity contribution in [3.05, 3.63) is 35.9 Å². The number of nitrogens with one attached hydrogen (secondary N) is 1. The highest BCUT2D eigenvalue weighted by atomic mass is 32.2. The summed E-state index contributed by atoms with van der Waals surface area (Å²) in [6.45, 7) is 0.283. The molecule has 0 amide bonds. The van der Waals surface area contributed by atoms with Gasteiger partial charge in [-0.25, -0.2) is 0 Å². The molecule has 0 saturated heterocycles. The zero-order chi connectivity index (χ0) is 15.5. The van der Waals surface area contributed by atoms with Crippen molar-refractivity contribution in [1.82, 2.24) is 9.03 Å². The second kappa shape index (κ2) is 6.55. The van der Waals surface area contributed by atoms with Gasteiger partial charge in [0.2, 0.25) is 0 Å². The summed E-state index contributed by atoms with van der Waals surface area (Å²) in [7, 11) is -2.09. The lowest BCUT2D eigenvalue weighted by Gasteiger charge is -2.20. The van der Waals surface area contributed by atoms with Crippen LogP contribution in [0.4, 0.5) is 0 Å². The predicted molar refractivity (Wildman–Crippen MR) is 78.7 cm³/mol. The lowest BCUT2D eigenvalue weighted by molar-refractivity contribution is -0.141. The van der Waals surface area contributed by atoms with E-state index in [0.29, 0.717) is 19.3 Å². The molecule has 7 heteroatoms. The molecule has 2 atom stereocenters. The number of carboxylic acid groups (broad SMARTS) is 1. The molecule has 2 N–H and O–H groups in total. The Morgan fingerprint density at radius 1 is 1.33 bits per heavy atom. The third kappa shape index (κ3) is 4.26. The maximum absolute atomic E-state index is 12.2. The van der Waals surface area contributed by atoms with Gasteiger partial charge in [0.05, 0.1) is 5.92 Å². The topological polar surface area (TPSA) is 86.7 Å². The first-order chi connectivity index (χ1) is 9.88. The van der Waals surface area contributed by atoms with Crippen LogP contribution in [-0.4, -0.2) is 36.9 Å². The van der Waals surface area contributed by atoms with Crippen LogP contribution in [0.2, 0.25) is 0 Å². The summed E-state index contributed by atoms with van der Waals surface area (Å²) in [6, 6.07) is 9.02. The van der Waals surface area contributed by atoms with Crippen molar-refractivity contribution in [2.24, 2.45) is 5.92 Å². The number of carboxylic acids is 1. The minimum Gasteiger partial charge on any atom is -0.481 e. The molecule has 2 rings (SSSR count). The number of hydrogen-bond acceptors (Lipinski definition) is 3. The predicted octanol–water partition coefficient (Wildman–Crippen LogP) is 1.21. The largest absolute Gasteiger partial charge is 0.481 e. The van der Waals surface area contributed by atoms with Crippen molar-refractivity contribution in [3.8, 4) is 0 Å². The third-order valence-corrected chi connectivity index (χ3v) is 5.34. The van der Waals surface area contributed by atoms with Crippen LogP contribution in [0.25, 0.3) is 0 Å². The summed E-state index contributed by atoms with van der Waals surface area (Å²) < 4.78 is 28.3. The van der Waals surface area contributed by atoms with E-state index in [0.717, 1.165) is 5.56 Å². The van der Waals surface area contributed by atoms with Gasteiger partial charge in [-0.2, -0.15) is 17.4 Å².